The summed E-state index contributed by atoms with van der Waals surface area (Å²) in [5.74, 6) is 1.10. The van der Waals surface area contributed by atoms with Crippen molar-refractivity contribution < 1.29 is 14.6 Å². The number of rotatable bonds is 3. The fraction of sp³-hybridized carbons (Fsp3) is 0.929. The number of ether oxygens (including phenoxy) is 1. The summed E-state index contributed by atoms with van der Waals surface area (Å²) in [6.45, 7) is 3.93. The second-order valence-corrected chi connectivity index (χ2v) is 6.65. The van der Waals surface area contributed by atoms with E-state index >= 15 is 0 Å². The van der Waals surface area contributed by atoms with E-state index in [1.165, 1.54) is 0 Å². The van der Waals surface area contributed by atoms with Crippen molar-refractivity contribution in [3.63, 3.8) is 0 Å². The van der Waals surface area contributed by atoms with Gasteiger partial charge in [0.2, 0.25) is 0 Å². The summed E-state index contributed by atoms with van der Waals surface area (Å²) in [6, 6.07) is 0. The van der Waals surface area contributed by atoms with Gasteiger partial charge in [-0.15, -0.1) is 0 Å². The van der Waals surface area contributed by atoms with Crippen molar-refractivity contribution in [1.29, 1.82) is 0 Å². The molecule has 17 heavy (non-hydrogen) atoms. The highest BCUT2D eigenvalue weighted by Crippen LogP contribution is 2.63. The van der Waals surface area contributed by atoms with E-state index in [2.05, 4.69) is 0 Å². The Labute approximate surface area is 103 Å². The third kappa shape index (κ3) is 1.70. The van der Waals surface area contributed by atoms with Gasteiger partial charge in [0.15, 0.2) is 0 Å². The predicted octanol–water partition coefficient (Wildman–Crippen LogP) is 2.27. The Kier molecular flexibility index (Phi) is 2.35. The Morgan fingerprint density at radius 1 is 1.35 bits per heavy atom. The molecule has 3 heteroatoms. The molecule has 0 heterocycles. The maximum Gasteiger partial charge on any atom is 0.309 e. The number of carbonyl (C=O) groups excluding carboxylic acids is 1. The molecule has 0 aromatic rings. The van der Waals surface area contributed by atoms with Crippen LogP contribution >= 0.6 is 0 Å². The fourth-order valence-electron chi connectivity index (χ4n) is 4.40. The Bertz CT molecular complexity index is 335. The van der Waals surface area contributed by atoms with E-state index in [0.717, 1.165) is 32.1 Å². The Hall–Kier alpha value is -0.570. The second-order valence-electron chi connectivity index (χ2n) is 6.65. The number of hydrogen-bond donors (Lipinski definition) is 1. The van der Waals surface area contributed by atoms with E-state index in [-0.39, 0.29) is 17.5 Å². The normalized spacial score (nSPS) is 48.4. The van der Waals surface area contributed by atoms with Gasteiger partial charge in [-0.05, 0) is 43.9 Å². The molecular weight excluding hydrogens is 216 g/mol. The van der Waals surface area contributed by atoms with E-state index in [9.17, 15) is 9.90 Å². The molecule has 3 nitrogen and oxygen atoms in total. The summed E-state index contributed by atoms with van der Waals surface area (Å²) >= 11 is 0. The summed E-state index contributed by atoms with van der Waals surface area (Å²) < 4.78 is 5.79. The van der Waals surface area contributed by atoms with Crippen LogP contribution in [0.25, 0.3) is 0 Å². The summed E-state index contributed by atoms with van der Waals surface area (Å²) in [7, 11) is 0. The van der Waals surface area contributed by atoms with Gasteiger partial charge in [-0.1, -0.05) is 13.8 Å². The van der Waals surface area contributed by atoms with Gasteiger partial charge in [-0.2, -0.15) is 0 Å². The minimum absolute atomic E-state index is 0.0173. The monoisotopic (exact) mass is 238 g/mol. The zero-order valence-electron chi connectivity index (χ0n) is 10.7. The molecular formula is C14H22O3. The molecule has 4 saturated carbocycles. The molecule has 0 aromatic heterocycles. The van der Waals surface area contributed by atoms with Gasteiger partial charge >= 0.3 is 5.97 Å². The van der Waals surface area contributed by atoms with Crippen molar-refractivity contribution in [3.05, 3.63) is 0 Å². The molecule has 4 aliphatic carbocycles. The summed E-state index contributed by atoms with van der Waals surface area (Å²) in [5, 5.41) is 10.4. The first-order chi connectivity index (χ1) is 7.95. The largest absolute Gasteiger partial charge is 0.459 e. The molecule has 0 radical (unpaired) electrons. The van der Waals surface area contributed by atoms with Crippen LogP contribution in [-0.2, 0) is 9.53 Å². The van der Waals surface area contributed by atoms with Crippen molar-refractivity contribution in [2.75, 3.05) is 0 Å². The highest BCUT2D eigenvalue weighted by Gasteiger charge is 2.63. The SMILES string of the molecule is CCC(C)C(=O)OC12CC3CC(O)(CC3C1)C2. The van der Waals surface area contributed by atoms with E-state index in [1.54, 1.807) is 0 Å². The predicted molar refractivity (Wildman–Crippen MR) is 63.3 cm³/mol. The molecule has 0 spiro atoms. The first-order valence-corrected chi connectivity index (χ1v) is 6.91. The average molecular weight is 238 g/mol. The van der Waals surface area contributed by atoms with Crippen molar-refractivity contribution >= 4 is 5.97 Å². The number of hydrogen-bond acceptors (Lipinski definition) is 3. The van der Waals surface area contributed by atoms with E-state index in [1.807, 2.05) is 13.8 Å². The minimum Gasteiger partial charge on any atom is -0.459 e. The summed E-state index contributed by atoms with van der Waals surface area (Å²) in [4.78, 5) is 11.9. The zero-order chi connectivity index (χ0) is 12.3. The maximum absolute atomic E-state index is 11.9. The molecule has 4 fully saturated rings. The smallest absolute Gasteiger partial charge is 0.309 e. The van der Waals surface area contributed by atoms with Gasteiger partial charge in [0.05, 0.1) is 11.5 Å². The molecule has 0 amide bonds. The molecule has 96 valence electrons. The average Bonchev–Trinajstić information content (AvgIpc) is 2.60. The van der Waals surface area contributed by atoms with Crippen LogP contribution in [0.3, 0.4) is 0 Å². The van der Waals surface area contributed by atoms with Gasteiger partial charge in [-0.25, -0.2) is 0 Å². The van der Waals surface area contributed by atoms with Gasteiger partial charge in [-0.3, -0.25) is 4.79 Å². The van der Waals surface area contributed by atoms with Crippen LogP contribution < -0.4 is 0 Å². The second kappa shape index (κ2) is 3.47. The molecule has 4 bridgehead atoms. The lowest BCUT2D eigenvalue weighted by atomic mass is 9.75. The quantitative estimate of drug-likeness (QED) is 0.767. The van der Waals surface area contributed by atoms with Crippen molar-refractivity contribution in [2.45, 2.75) is 63.6 Å². The van der Waals surface area contributed by atoms with Crippen molar-refractivity contribution in [2.24, 2.45) is 17.8 Å². The first kappa shape index (κ1) is 11.5. The molecule has 1 N–H and O–H groups in total. The van der Waals surface area contributed by atoms with Gasteiger partial charge in [0, 0.05) is 6.42 Å². The van der Waals surface area contributed by atoms with Crippen LogP contribution in [0.1, 0.15) is 52.4 Å². The fourth-order valence-corrected chi connectivity index (χ4v) is 4.40. The maximum atomic E-state index is 11.9. The standard InChI is InChI=1S/C14H22O3/c1-3-9(2)12(15)17-14-6-10-4-13(16,8-14)5-11(10)7-14/h9-11,16H,3-8H2,1-2H3. The molecule has 0 aliphatic heterocycles. The summed E-state index contributed by atoms with van der Waals surface area (Å²) in [5.41, 5.74) is -0.845. The van der Waals surface area contributed by atoms with E-state index in [0.29, 0.717) is 18.3 Å². The highest BCUT2D eigenvalue weighted by molar-refractivity contribution is 5.72. The lowest BCUT2D eigenvalue weighted by Gasteiger charge is -2.42. The third-order valence-corrected chi connectivity index (χ3v) is 5.20. The summed E-state index contributed by atoms with van der Waals surface area (Å²) in [6.07, 6.45) is 5.34. The Balaban J connectivity index is 1.74. The molecule has 3 atom stereocenters. The Morgan fingerprint density at radius 3 is 2.41 bits per heavy atom. The van der Waals surface area contributed by atoms with Crippen LogP contribution in [0.15, 0.2) is 0 Å². The van der Waals surface area contributed by atoms with Crippen molar-refractivity contribution in [3.8, 4) is 0 Å². The molecule has 4 rings (SSSR count). The van der Waals surface area contributed by atoms with Crippen LogP contribution in [0, 0.1) is 17.8 Å². The van der Waals surface area contributed by atoms with Gasteiger partial charge in [0.1, 0.15) is 5.60 Å². The lowest BCUT2D eigenvalue weighted by molar-refractivity contribution is -0.178. The van der Waals surface area contributed by atoms with Crippen LogP contribution in [0.4, 0.5) is 0 Å². The van der Waals surface area contributed by atoms with Gasteiger partial charge in [0.25, 0.3) is 0 Å². The third-order valence-electron chi connectivity index (χ3n) is 5.20. The van der Waals surface area contributed by atoms with Gasteiger partial charge < -0.3 is 9.84 Å². The van der Waals surface area contributed by atoms with Crippen LogP contribution in [-0.4, -0.2) is 22.3 Å². The molecule has 0 aromatic carbocycles. The molecule has 0 saturated heterocycles. The van der Waals surface area contributed by atoms with Crippen LogP contribution in [0.5, 0.6) is 0 Å². The van der Waals surface area contributed by atoms with E-state index in [4.69, 9.17) is 4.74 Å². The first-order valence-electron chi connectivity index (χ1n) is 6.91. The van der Waals surface area contributed by atoms with Crippen LogP contribution in [0.2, 0.25) is 0 Å². The van der Waals surface area contributed by atoms with Crippen molar-refractivity contribution in [1.82, 2.24) is 0 Å². The Morgan fingerprint density at radius 2 is 1.94 bits per heavy atom. The molecule has 4 aliphatic rings. The molecule has 3 unspecified atom stereocenters. The number of aliphatic hydroxyl groups is 1. The minimum atomic E-state index is -0.526. The zero-order valence-corrected chi connectivity index (χ0v) is 10.7. The number of carbonyl (C=O) groups is 1. The highest BCUT2D eigenvalue weighted by atomic mass is 16.6. The lowest BCUT2D eigenvalue weighted by Crippen LogP contribution is -2.48. The number of esters is 1. The topological polar surface area (TPSA) is 46.5 Å². The van der Waals surface area contributed by atoms with E-state index < -0.39 is 5.60 Å².